The summed E-state index contributed by atoms with van der Waals surface area (Å²) < 4.78 is 7.51. The molecule has 1 aromatic carbocycles. The summed E-state index contributed by atoms with van der Waals surface area (Å²) in [4.78, 5) is 0. The Hall–Kier alpha value is -2.25. The number of aromatic nitrogens is 2. The Morgan fingerprint density at radius 3 is 2.90 bits per heavy atom. The minimum atomic E-state index is -0.122. The zero-order valence-corrected chi connectivity index (χ0v) is 11.8. The van der Waals surface area contributed by atoms with Crippen LogP contribution in [-0.2, 0) is 13.5 Å². The zero-order chi connectivity index (χ0) is 14.4. The Bertz CT molecular complexity index is 635. The molecule has 0 amide bonds. The highest BCUT2D eigenvalue weighted by Gasteiger charge is 2.00. The Labute approximate surface area is 119 Å². The van der Waals surface area contributed by atoms with E-state index in [0.29, 0.717) is 6.61 Å². The first-order valence-electron chi connectivity index (χ1n) is 6.50. The molecule has 0 atom stereocenters. The van der Waals surface area contributed by atoms with Crippen LogP contribution in [0.1, 0.15) is 16.7 Å². The van der Waals surface area contributed by atoms with Gasteiger partial charge in [0.15, 0.2) is 0 Å². The topological polar surface area (TPSA) is 47.3 Å². The number of hydrogen-bond donors (Lipinski definition) is 1. The summed E-state index contributed by atoms with van der Waals surface area (Å²) in [5, 5.41) is 12.8. The fourth-order valence-electron chi connectivity index (χ4n) is 1.89. The molecule has 0 unspecified atom stereocenters. The van der Waals surface area contributed by atoms with Crippen molar-refractivity contribution in [2.45, 2.75) is 13.3 Å². The number of benzene rings is 1. The van der Waals surface area contributed by atoms with Gasteiger partial charge in [0.05, 0.1) is 12.8 Å². The average molecular weight is 270 g/mol. The third kappa shape index (κ3) is 3.87. The van der Waals surface area contributed by atoms with Gasteiger partial charge in [-0.25, -0.2) is 0 Å². The van der Waals surface area contributed by atoms with Gasteiger partial charge < -0.3 is 9.84 Å². The molecule has 0 bridgehead atoms. The molecule has 4 heteroatoms. The van der Waals surface area contributed by atoms with Gasteiger partial charge in [-0.3, -0.25) is 4.68 Å². The van der Waals surface area contributed by atoms with Gasteiger partial charge in [-0.05, 0) is 36.2 Å². The smallest absolute Gasteiger partial charge is 0.119 e. The molecule has 4 nitrogen and oxygen atoms in total. The van der Waals surface area contributed by atoms with E-state index >= 15 is 0 Å². The van der Waals surface area contributed by atoms with E-state index < -0.39 is 0 Å². The van der Waals surface area contributed by atoms with Gasteiger partial charge in [-0.2, -0.15) is 5.10 Å². The SMILES string of the molecule is Cc1cc(OCCc2cnn(C)c2)ccc1C#CCO. The molecule has 0 saturated heterocycles. The highest BCUT2D eigenvalue weighted by atomic mass is 16.5. The molecule has 0 fully saturated rings. The van der Waals surface area contributed by atoms with E-state index in [1.165, 1.54) is 0 Å². The normalized spacial score (nSPS) is 9.95. The van der Waals surface area contributed by atoms with E-state index in [-0.39, 0.29) is 6.61 Å². The second kappa shape index (κ2) is 6.78. The van der Waals surface area contributed by atoms with E-state index in [2.05, 4.69) is 16.9 Å². The maximum Gasteiger partial charge on any atom is 0.119 e. The predicted molar refractivity (Wildman–Crippen MR) is 77.5 cm³/mol. The summed E-state index contributed by atoms with van der Waals surface area (Å²) in [6.45, 7) is 2.48. The molecule has 104 valence electrons. The summed E-state index contributed by atoms with van der Waals surface area (Å²) >= 11 is 0. The van der Waals surface area contributed by atoms with Crippen molar-refractivity contribution in [2.24, 2.45) is 7.05 Å². The first-order chi connectivity index (χ1) is 9.69. The lowest BCUT2D eigenvalue weighted by Gasteiger charge is -2.07. The summed E-state index contributed by atoms with van der Waals surface area (Å²) in [6, 6.07) is 5.78. The van der Waals surface area contributed by atoms with Gasteiger partial charge >= 0.3 is 0 Å². The molecule has 2 aromatic rings. The van der Waals surface area contributed by atoms with Crippen molar-refractivity contribution in [3.8, 4) is 17.6 Å². The van der Waals surface area contributed by atoms with Crippen LogP contribution in [0.25, 0.3) is 0 Å². The average Bonchev–Trinajstić information content (AvgIpc) is 2.84. The quantitative estimate of drug-likeness (QED) is 0.860. The van der Waals surface area contributed by atoms with Gasteiger partial charge in [-0.15, -0.1) is 0 Å². The van der Waals surface area contributed by atoms with Crippen LogP contribution in [0.5, 0.6) is 5.75 Å². The third-order valence-electron chi connectivity index (χ3n) is 2.92. The second-order valence-electron chi connectivity index (χ2n) is 4.56. The summed E-state index contributed by atoms with van der Waals surface area (Å²) in [5.41, 5.74) is 3.12. The van der Waals surface area contributed by atoms with E-state index in [4.69, 9.17) is 9.84 Å². The van der Waals surface area contributed by atoms with Crippen LogP contribution in [0.15, 0.2) is 30.6 Å². The lowest BCUT2D eigenvalue weighted by molar-refractivity contribution is 0.321. The van der Waals surface area contributed by atoms with E-state index in [1.54, 1.807) is 4.68 Å². The molecule has 20 heavy (non-hydrogen) atoms. The first kappa shape index (κ1) is 14.2. The summed E-state index contributed by atoms with van der Waals surface area (Å²) in [7, 11) is 1.90. The van der Waals surface area contributed by atoms with Gasteiger partial charge in [-0.1, -0.05) is 11.8 Å². The van der Waals surface area contributed by atoms with E-state index in [9.17, 15) is 0 Å². The third-order valence-corrected chi connectivity index (χ3v) is 2.92. The van der Waals surface area contributed by atoms with E-state index in [1.807, 2.05) is 44.6 Å². The molecule has 0 saturated carbocycles. The van der Waals surface area contributed by atoms with Gasteiger partial charge in [0.1, 0.15) is 12.4 Å². The zero-order valence-electron chi connectivity index (χ0n) is 11.8. The predicted octanol–water partition coefficient (Wildman–Crippen LogP) is 1.69. The number of ether oxygens (including phenoxy) is 1. The van der Waals surface area contributed by atoms with Crippen LogP contribution in [-0.4, -0.2) is 28.1 Å². The van der Waals surface area contributed by atoms with Gasteiger partial charge in [0.2, 0.25) is 0 Å². The number of hydrogen-bond acceptors (Lipinski definition) is 3. The Morgan fingerprint density at radius 1 is 1.40 bits per heavy atom. The molecule has 0 aliphatic carbocycles. The minimum absolute atomic E-state index is 0.122. The van der Waals surface area contributed by atoms with Crippen LogP contribution >= 0.6 is 0 Å². The molecule has 0 aliphatic rings. The number of aryl methyl sites for hydroxylation is 2. The Balaban J connectivity index is 1.91. The van der Waals surface area contributed by atoms with E-state index in [0.717, 1.165) is 28.9 Å². The van der Waals surface area contributed by atoms with Crippen LogP contribution in [0.4, 0.5) is 0 Å². The van der Waals surface area contributed by atoms with Crippen LogP contribution < -0.4 is 4.74 Å². The fraction of sp³-hybridized carbons (Fsp3) is 0.312. The first-order valence-corrected chi connectivity index (χ1v) is 6.50. The molecule has 1 N–H and O–H groups in total. The minimum Gasteiger partial charge on any atom is -0.493 e. The molecule has 1 heterocycles. The molecular formula is C16H18N2O2. The number of nitrogens with zero attached hydrogens (tertiary/aromatic N) is 2. The standard InChI is InChI=1S/C16H18N2O2/c1-13-10-16(6-5-15(13)4-3-8-19)20-9-7-14-11-17-18(2)12-14/h5-6,10-12,19H,7-9H2,1-2H3. The number of rotatable bonds is 4. The summed E-state index contributed by atoms with van der Waals surface area (Å²) in [5.74, 6) is 6.39. The highest BCUT2D eigenvalue weighted by molar-refractivity contribution is 5.44. The molecule has 0 aliphatic heterocycles. The largest absolute Gasteiger partial charge is 0.493 e. The number of aliphatic hydroxyl groups excluding tert-OH is 1. The fourth-order valence-corrected chi connectivity index (χ4v) is 1.89. The van der Waals surface area contributed by atoms with Crippen LogP contribution in [0.2, 0.25) is 0 Å². The highest BCUT2D eigenvalue weighted by Crippen LogP contribution is 2.17. The van der Waals surface area contributed by atoms with Gasteiger partial charge in [0, 0.05) is 25.2 Å². The van der Waals surface area contributed by atoms with Gasteiger partial charge in [0.25, 0.3) is 0 Å². The van der Waals surface area contributed by atoms with Crippen LogP contribution in [0, 0.1) is 18.8 Å². The molecule has 0 radical (unpaired) electrons. The molecule has 0 spiro atoms. The van der Waals surface area contributed by atoms with Crippen LogP contribution in [0.3, 0.4) is 0 Å². The molecular weight excluding hydrogens is 252 g/mol. The van der Waals surface area contributed by atoms with Crippen molar-refractivity contribution in [3.63, 3.8) is 0 Å². The molecule has 1 aromatic heterocycles. The maximum atomic E-state index is 8.69. The maximum absolute atomic E-state index is 8.69. The second-order valence-corrected chi connectivity index (χ2v) is 4.56. The lowest BCUT2D eigenvalue weighted by Crippen LogP contribution is -2.01. The Kier molecular flexibility index (Phi) is 4.80. The van der Waals surface area contributed by atoms with Crippen molar-refractivity contribution in [3.05, 3.63) is 47.3 Å². The number of aliphatic hydroxyl groups is 1. The molecule has 2 rings (SSSR count). The van der Waals surface area contributed by atoms with Crippen molar-refractivity contribution in [1.82, 2.24) is 9.78 Å². The van der Waals surface area contributed by atoms with Crippen molar-refractivity contribution in [1.29, 1.82) is 0 Å². The Morgan fingerprint density at radius 2 is 2.25 bits per heavy atom. The summed E-state index contributed by atoms with van der Waals surface area (Å²) in [6.07, 6.45) is 4.67. The van der Waals surface area contributed by atoms with Crippen molar-refractivity contribution in [2.75, 3.05) is 13.2 Å². The monoisotopic (exact) mass is 270 g/mol. The lowest BCUT2D eigenvalue weighted by atomic mass is 10.1. The van der Waals surface area contributed by atoms with Crippen molar-refractivity contribution < 1.29 is 9.84 Å². The van der Waals surface area contributed by atoms with Crippen molar-refractivity contribution >= 4 is 0 Å².